The quantitative estimate of drug-likeness (QED) is 0.327. The van der Waals surface area contributed by atoms with Gasteiger partial charge in [-0.05, 0) is 37.6 Å². The lowest BCUT2D eigenvalue weighted by molar-refractivity contribution is -0.154. The summed E-state index contributed by atoms with van der Waals surface area (Å²) in [5, 5.41) is -0.127. The lowest BCUT2D eigenvalue weighted by Crippen LogP contribution is -2.16. The van der Waals surface area contributed by atoms with Crippen LogP contribution in [-0.2, 0) is 15.7 Å². The highest BCUT2D eigenvalue weighted by Crippen LogP contribution is 2.38. The van der Waals surface area contributed by atoms with Crippen LogP contribution in [0.2, 0.25) is 0 Å². The Morgan fingerprint density at radius 2 is 1.75 bits per heavy atom. The van der Waals surface area contributed by atoms with Gasteiger partial charge >= 0.3 is 12.1 Å². The number of fused-ring (bicyclic) bond motifs is 1. The van der Waals surface area contributed by atoms with Crippen LogP contribution in [0.25, 0.3) is 11.0 Å². The fourth-order valence-electron chi connectivity index (χ4n) is 2.76. The summed E-state index contributed by atoms with van der Waals surface area (Å²) in [6.45, 7) is 3.57. The molecule has 0 aliphatic carbocycles. The molecule has 0 N–H and O–H groups in total. The van der Waals surface area contributed by atoms with E-state index < -0.39 is 35.7 Å². The fourth-order valence-corrected chi connectivity index (χ4v) is 2.76. The van der Waals surface area contributed by atoms with Gasteiger partial charge in [0.1, 0.15) is 17.1 Å². The third kappa shape index (κ3) is 5.60. The number of carbonyl (C=O) groups is 1. The Bertz CT molecular complexity index is 1150. The van der Waals surface area contributed by atoms with E-state index in [1.165, 1.54) is 24.3 Å². The SMILES string of the molecule is CCCCOC(=O)COc1ccc2c(=O)c(Oc3ccc(C)cc3)c(C(F)(F)F)oc2c1. The highest BCUT2D eigenvalue weighted by Gasteiger charge is 2.40. The van der Waals surface area contributed by atoms with Crippen molar-refractivity contribution in [3.63, 3.8) is 0 Å². The zero-order chi connectivity index (χ0) is 23.3. The first kappa shape index (κ1) is 23.2. The average molecular weight is 450 g/mol. The van der Waals surface area contributed by atoms with Crippen LogP contribution in [0.3, 0.4) is 0 Å². The van der Waals surface area contributed by atoms with Crippen LogP contribution in [-0.4, -0.2) is 19.2 Å². The van der Waals surface area contributed by atoms with E-state index in [9.17, 15) is 22.8 Å². The Morgan fingerprint density at radius 1 is 1.06 bits per heavy atom. The molecule has 9 heteroatoms. The van der Waals surface area contributed by atoms with Crippen molar-refractivity contribution in [2.24, 2.45) is 0 Å². The lowest BCUT2D eigenvalue weighted by atomic mass is 10.2. The van der Waals surface area contributed by atoms with Crippen molar-refractivity contribution < 1.29 is 36.6 Å². The van der Waals surface area contributed by atoms with Crippen molar-refractivity contribution in [2.75, 3.05) is 13.2 Å². The van der Waals surface area contributed by atoms with Gasteiger partial charge in [0.15, 0.2) is 6.61 Å². The molecule has 0 saturated heterocycles. The van der Waals surface area contributed by atoms with E-state index in [2.05, 4.69) is 0 Å². The minimum absolute atomic E-state index is 0.0495. The molecule has 0 unspecified atom stereocenters. The molecule has 0 fully saturated rings. The predicted molar refractivity (Wildman–Crippen MR) is 110 cm³/mol. The molecule has 3 rings (SSSR count). The van der Waals surface area contributed by atoms with Gasteiger partial charge in [0.2, 0.25) is 11.2 Å². The number of halogens is 3. The molecule has 2 aromatic carbocycles. The molecular weight excluding hydrogens is 429 g/mol. The number of alkyl halides is 3. The lowest BCUT2D eigenvalue weighted by Gasteiger charge is -2.14. The van der Waals surface area contributed by atoms with E-state index in [4.69, 9.17) is 18.6 Å². The topological polar surface area (TPSA) is 75.0 Å². The minimum atomic E-state index is -4.98. The van der Waals surface area contributed by atoms with Crippen LogP contribution in [0.15, 0.2) is 51.7 Å². The Kier molecular flexibility index (Phi) is 7.07. The molecule has 3 aromatic rings. The van der Waals surface area contributed by atoms with Crippen LogP contribution in [0, 0.1) is 6.92 Å². The maximum atomic E-state index is 13.6. The number of unbranched alkanes of at least 4 members (excludes halogenated alkanes) is 1. The molecule has 0 bridgehead atoms. The molecular formula is C23H21F3O6. The Morgan fingerprint density at radius 3 is 2.41 bits per heavy atom. The van der Waals surface area contributed by atoms with Crippen molar-refractivity contribution in [3.8, 4) is 17.2 Å². The highest BCUT2D eigenvalue weighted by atomic mass is 19.4. The van der Waals surface area contributed by atoms with E-state index in [-0.39, 0.29) is 29.1 Å². The molecule has 0 saturated carbocycles. The van der Waals surface area contributed by atoms with Gasteiger partial charge < -0.3 is 18.6 Å². The monoisotopic (exact) mass is 450 g/mol. The second-order valence-corrected chi connectivity index (χ2v) is 7.02. The normalized spacial score (nSPS) is 11.4. The third-order valence-electron chi connectivity index (χ3n) is 4.44. The van der Waals surface area contributed by atoms with E-state index >= 15 is 0 Å². The van der Waals surface area contributed by atoms with E-state index in [0.29, 0.717) is 6.42 Å². The van der Waals surface area contributed by atoms with Crippen molar-refractivity contribution >= 4 is 16.9 Å². The molecule has 0 spiro atoms. The van der Waals surface area contributed by atoms with Crippen molar-refractivity contribution in [2.45, 2.75) is 32.9 Å². The van der Waals surface area contributed by atoms with Gasteiger partial charge in [-0.2, -0.15) is 13.2 Å². The van der Waals surface area contributed by atoms with Gasteiger partial charge in [0, 0.05) is 6.07 Å². The molecule has 1 aromatic heterocycles. The maximum Gasteiger partial charge on any atom is 0.453 e. The number of benzene rings is 2. The molecule has 0 amide bonds. The smallest absolute Gasteiger partial charge is 0.453 e. The van der Waals surface area contributed by atoms with Crippen molar-refractivity contribution in [1.29, 1.82) is 0 Å². The number of carbonyl (C=O) groups excluding carboxylic acids is 1. The Labute approximate surface area is 181 Å². The first-order chi connectivity index (χ1) is 15.2. The van der Waals surface area contributed by atoms with Crippen molar-refractivity contribution in [3.05, 3.63) is 64.0 Å². The van der Waals surface area contributed by atoms with E-state index in [1.54, 1.807) is 19.1 Å². The van der Waals surface area contributed by atoms with Crippen molar-refractivity contribution in [1.82, 2.24) is 0 Å². The van der Waals surface area contributed by atoms with Crippen LogP contribution in [0.5, 0.6) is 17.2 Å². The maximum absolute atomic E-state index is 13.6. The standard InChI is InChI=1S/C23H21F3O6/c1-3-4-11-29-19(27)13-30-16-9-10-17-18(12-16)32-22(23(24,25)26)21(20(17)28)31-15-7-5-14(2)6-8-15/h5-10,12H,3-4,11,13H2,1-2H3. The van der Waals surface area contributed by atoms with E-state index in [0.717, 1.165) is 18.1 Å². The second-order valence-electron chi connectivity index (χ2n) is 7.02. The van der Waals surface area contributed by atoms with Gasteiger partial charge in [0.05, 0.1) is 12.0 Å². The molecule has 1 heterocycles. The summed E-state index contributed by atoms with van der Waals surface area (Å²) in [4.78, 5) is 24.4. The number of aryl methyl sites for hydroxylation is 1. The van der Waals surface area contributed by atoms with Gasteiger partial charge in [-0.25, -0.2) is 4.79 Å². The summed E-state index contributed by atoms with van der Waals surface area (Å²) in [6, 6.07) is 9.90. The van der Waals surface area contributed by atoms with Gasteiger partial charge in [-0.3, -0.25) is 4.79 Å². The molecule has 170 valence electrons. The van der Waals surface area contributed by atoms with Crippen LogP contribution < -0.4 is 14.9 Å². The molecule has 0 aliphatic rings. The van der Waals surface area contributed by atoms with Gasteiger partial charge in [-0.15, -0.1) is 0 Å². The van der Waals surface area contributed by atoms with E-state index in [1.807, 2.05) is 6.92 Å². The highest BCUT2D eigenvalue weighted by molar-refractivity contribution is 5.80. The van der Waals surface area contributed by atoms with Crippen LogP contribution >= 0.6 is 0 Å². The zero-order valence-corrected chi connectivity index (χ0v) is 17.5. The first-order valence-electron chi connectivity index (χ1n) is 9.90. The molecule has 0 atom stereocenters. The summed E-state index contributed by atoms with van der Waals surface area (Å²) in [6.07, 6.45) is -3.41. The number of esters is 1. The largest absolute Gasteiger partial charge is 0.482 e. The summed E-state index contributed by atoms with van der Waals surface area (Å²) < 4.78 is 61.4. The molecule has 0 aliphatic heterocycles. The number of rotatable bonds is 8. The van der Waals surface area contributed by atoms with Gasteiger partial charge in [-0.1, -0.05) is 31.0 Å². The Balaban J connectivity index is 1.92. The molecule has 0 radical (unpaired) electrons. The van der Waals surface area contributed by atoms with Gasteiger partial charge in [0.25, 0.3) is 5.76 Å². The average Bonchev–Trinajstić information content (AvgIpc) is 2.75. The fraction of sp³-hybridized carbons (Fsp3) is 0.304. The Hall–Kier alpha value is -3.49. The van der Waals surface area contributed by atoms with Crippen LogP contribution in [0.4, 0.5) is 13.2 Å². The van der Waals surface area contributed by atoms with Crippen LogP contribution in [0.1, 0.15) is 31.1 Å². The summed E-state index contributed by atoms with van der Waals surface area (Å²) in [5.74, 6) is -3.02. The number of ether oxygens (including phenoxy) is 3. The summed E-state index contributed by atoms with van der Waals surface area (Å²) >= 11 is 0. The summed E-state index contributed by atoms with van der Waals surface area (Å²) in [7, 11) is 0. The molecule has 6 nitrogen and oxygen atoms in total. The third-order valence-corrected chi connectivity index (χ3v) is 4.44. The molecule has 32 heavy (non-hydrogen) atoms. The predicted octanol–water partition coefficient (Wildman–Crippen LogP) is 5.63. The second kappa shape index (κ2) is 9.76. The summed E-state index contributed by atoms with van der Waals surface area (Å²) in [5.41, 5.74) is -0.458. The number of hydrogen-bond acceptors (Lipinski definition) is 6. The minimum Gasteiger partial charge on any atom is -0.482 e. The zero-order valence-electron chi connectivity index (χ0n) is 17.5. The first-order valence-corrected chi connectivity index (χ1v) is 9.90. The number of hydrogen-bond donors (Lipinski definition) is 0.